The summed E-state index contributed by atoms with van der Waals surface area (Å²) in [6.45, 7) is 0. The topological polar surface area (TPSA) is 81.2 Å². The molecule has 0 aromatic carbocycles. The van der Waals surface area contributed by atoms with E-state index in [1.54, 1.807) is 0 Å². The second-order valence-electron chi connectivity index (χ2n) is 11.2. The number of nitrogens with zero attached hydrogens (tertiary/aromatic N) is 3. The molecular formula is C31H52ClN5O2. The first-order valence-corrected chi connectivity index (χ1v) is 16.3. The third-order valence-electron chi connectivity index (χ3n) is 7.70. The predicted octanol–water partition coefficient (Wildman–Crippen LogP) is 9.45. The maximum absolute atomic E-state index is 6.19. The van der Waals surface area contributed by atoms with Gasteiger partial charge in [0.25, 0.3) is 0 Å². The van der Waals surface area contributed by atoms with E-state index in [-0.39, 0.29) is 17.3 Å². The molecule has 0 atom stereocenters. The van der Waals surface area contributed by atoms with Gasteiger partial charge in [0.1, 0.15) is 0 Å². The summed E-state index contributed by atoms with van der Waals surface area (Å²) in [7, 11) is 0. The Labute approximate surface area is 241 Å². The molecular weight excluding hydrogens is 510 g/mol. The van der Waals surface area contributed by atoms with Crippen LogP contribution in [-0.4, -0.2) is 15.0 Å². The number of allylic oxidation sites excluding steroid dienone is 4. The molecule has 1 aromatic heterocycles. The second kappa shape index (κ2) is 20.8. The quantitative estimate of drug-likeness (QED) is 0.334. The van der Waals surface area contributed by atoms with Gasteiger partial charge in [0.05, 0.1) is 0 Å². The molecule has 0 radical (unpaired) electrons. The lowest BCUT2D eigenvalue weighted by Crippen LogP contribution is -2.22. The van der Waals surface area contributed by atoms with E-state index in [0.29, 0.717) is 0 Å². The van der Waals surface area contributed by atoms with Crippen LogP contribution in [0.4, 0.5) is 0 Å². The van der Waals surface area contributed by atoms with Crippen molar-refractivity contribution in [1.29, 1.82) is 0 Å². The molecule has 0 spiro atoms. The fourth-order valence-electron chi connectivity index (χ4n) is 5.32. The first-order valence-electron chi connectivity index (χ1n) is 15.9. The van der Waals surface area contributed by atoms with Gasteiger partial charge in [-0.15, -0.1) is 4.98 Å². The number of nitrogens with one attached hydrogen (secondary N) is 2. The molecule has 1 heterocycles. The number of halogens is 1. The molecule has 2 N–H and O–H groups in total. The van der Waals surface area contributed by atoms with Crippen molar-refractivity contribution in [3.8, 4) is 12.0 Å². The highest BCUT2D eigenvalue weighted by atomic mass is 35.5. The van der Waals surface area contributed by atoms with E-state index in [2.05, 4.69) is 38.1 Å². The van der Waals surface area contributed by atoms with Gasteiger partial charge < -0.3 is 9.68 Å². The summed E-state index contributed by atoms with van der Waals surface area (Å²) in [5, 5.41) is 0.0403. The van der Waals surface area contributed by atoms with Crippen LogP contribution in [0.25, 0.3) is 0 Å². The van der Waals surface area contributed by atoms with E-state index in [4.69, 9.17) is 21.3 Å². The minimum atomic E-state index is 0.0403. The molecule has 0 aliphatic heterocycles. The van der Waals surface area contributed by atoms with Crippen molar-refractivity contribution in [2.24, 2.45) is 0 Å². The maximum atomic E-state index is 6.19. The van der Waals surface area contributed by atoms with Gasteiger partial charge in [-0.2, -0.15) is 9.97 Å². The standard InChI is InChI=1S/C31H52ClN5O2/c32-29-33-30(38-36-27-23-19-15-11-7-3-1-4-8-12-16-20-24-27)35-31(34-29)39-37-28-25-21-17-13-9-5-2-6-10-14-18-22-26-28/h23,25,36-37H,1-22,24,26H2. The fraction of sp³-hybridized carbons (Fsp3) is 0.774. The van der Waals surface area contributed by atoms with Crippen molar-refractivity contribution in [2.45, 2.75) is 154 Å². The lowest BCUT2D eigenvalue weighted by atomic mass is 10.0. The molecule has 0 fully saturated rings. The van der Waals surface area contributed by atoms with Crippen molar-refractivity contribution in [3.63, 3.8) is 0 Å². The Bertz CT molecular complexity index is 784. The van der Waals surface area contributed by atoms with Crippen LogP contribution in [0.3, 0.4) is 0 Å². The smallest absolute Gasteiger partial charge is 0.340 e. The Morgan fingerprint density at radius 3 is 1.18 bits per heavy atom. The number of rotatable bonds is 6. The fourth-order valence-corrected chi connectivity index (χ4v) is 5.46. The van der Waals surface area contributed by atoms with Crippen molar-refractivity contribution >= 4 is 11.6 Å². The van der Waals surface area contributed by atoms with Gasteiger partial charge in [-0.25, -0.2) is 11.0 Å². The van der Waals surface area contributed by atoms with Gasteiger partial charge in [0.2, 0.25) is 5.28 Å². The Morgan fingerprint density at radius 2 is 0.795 bits per heavy atom. The van der Waals surface area contributed by atoms with Crippen molar-refractivity contribution < 1.29 is 9.68 Å². The van der Waals surface area contributed by atoms with Crippen molar-refractivity contribution in [1.82, 2.24) is 25.9 Å². The highest BCUT2D eigenvalue weighted by Crippen LogP contribution is 2.19. The highest BCUT2D eigenvalue weighted by Gasteiger charge is 2.10. The number of hydrogen-bond acceptors (Lipinski definition) is 7. The van der Waals surface area contributed by atoms with Crippen LogP contribution in [-0.2, 0) is 0 Å². The van der Waals surface area contributed by atoms with Crippen LogP contribution in [0.1, 0.15) is 154 Å². The first-order chi connectivity index (χ1) is 19.3. The van der Waals surface area contributed by atoms with Crippen LogP contribution in [0.2, 0.25) is 5.28 Å². The van der Waals surface area contributed by atoms with E-state index < -0.39 is 0 Å². The summed E-state index contributed by atoms with van der Waals surface area (Å²) < 4.78 is 0. The molecule has 220 valence electrons. The van der Waals surface area contributed by atoms with E-state index >= 15 is 0 Å². The third kappa shape index (κ3) is 15.4. The largest absolute Gasteiger partial charge is 0.350 e. The Kier molecular flexibility index (Phi) is 16.8. The summed E-state index contributed by atoms with van der Waals surface area (Å²) in [6.07, 6.45) is 34.6. The Balaban J connectivity index is 1.52. The third-order valence-corrected chi connectivity index (χ3v) is 7.86. The van der Waals surface area contributed by atoms with Crippen LogP contribution in [0.5, 0.6) is 12.0 Å². The molecule has 0 unspecified atom stereocenters. The molecule has 2 aliphatic rings. The summed E-state index contributed by atoms with van der Waals surface area (Å²) in [5.74, 6) is 0. The van der Waals surface area contributed by atoms with Gasteiger partial charge >= 0.3 is 12.0 Å². The summed E-state index contributed by atoms with van der Waals surface area (Å²) in [5.41, 5.74) is 8.33. The van der Waals surface area contributed by atoms with E-state index in [1.807, 2.05) is 0 Å². The molecule has 3 rings (SSSR count). The van der Waals surface area contributed by atoms with Crippen LogP contribution < -0.4 is 20.6 Å². The Hall–Kier alpha value is -2.02. The summed E-state index contributed by atoms with van der Waals surface area (Å²) in [4.78, 5) is 24.1. The van der Waals surface area contributed by atoms with Crippen LogP contribution in [0.15, 0.2) is 23.5 Å². The predicted molar refractivity (Wildman–Crippen MR) is 159 cm³/mol. The van der Waals surface area contributed by atoms with Crippen LogP contribution >= 0.6 is 11.6 Å². The molecule has 0 saturated carbocycles. The monoisotopic (exact) mass is 561 g/mol. The number of hydroxylamine groups is 2. The van der Waals surface area contributed by atoms with Gasteiger partial charge in [-0.1, -0.05) is 115 Å². The summed E-state index contributed by atoms with van der Waals surface area (Å²) in [6, 6.07) is 0.208. The van der Waals surface area contributed by atoms with Crippen LogP contribution in [0, 0.1) is 0 Å². The normalized spacial score (nSPS) is 20.3. The minimum absolute atomic E-state index is 0.0403. The molecule has 0 bridgehead atoms. The average molecular weight is 562 g/mol. The van der Waals surface area contributed by atoms with Crippen molar-refractivity contribution in [3.05, 3.63) is 28.8 Å². The van der Waals surface area contributed by atoms with Gasteiger partial charge in [0, 0.05) is 11.4 Å². The lowest BCUT2D eigenvalue weighted by Gasteiger charge is -2.14. The SMILES string of the molecule is Clc1nc(ONC2=CCCCCCCCCCCCC2)nc(ONC2=CCCCCCCCCCCCC2)n1. The van der Waals surface area contributed by atoms with E-state index in [1.165, 1.54) is 116 Å². The Morgan fingerprint density at radius 1 is 0.462 bits per heavy atom. The number of hydrogen-bond donors (Lipinski definition) is 2. The lowest BCUT2D eigenvalue weighted by molar-refractivity contribution is 0.178. The zero-order valence-electron chi connectivity index (χ0n) is 24.2. The molecule has 8 heteroatoms. The zero-order valence-corrected chi connectivity index (χ0v) is 24.9. The molecule has 2 aliphatic carbocycles. The molecule has 0 saturated heterocycles. The van der Waals surface area contributed by atoms with Gasteiger partial charge in [-0.05, 0) is 63.0 Å². The maximum Gasteiger partial charge on any atom is 0.350 e. The second-order valence-corrected chi connectivity index (χ2v) is 11.5. The minimum Gasteiger partial charge on any atom is -0.340 e. The van der Waals surface area contributed by atoms with Crippen molar-refractivity contribution in [2.75, 3.05) is 0 Å². The van der Waals surface area contributed by atoms with E-state index in [9.17, 15) is 0 Å². The number of aromatic nitrogens is 3. The first kappa shape index (κ1) is 31.5. The van der Waals surface area contributed by atoms with Gasteiger partial charge in [-0.3, -0.25) is 0 Å². The van der Waals surface area contributed by atoms with Gasteiger partial charge in [0.15, 0.2) is 0 Å². The summed E-state index contributed by atoms with van der Waals surface area (Å²) >= 11 is 6.19. The molecule has 39 heavy (non-hydrogen) atoms. The molecule has 7 nitrogen and oxygen atoms in total. The zero-order chi connectivity index (χ0) is 27.2. The van der Waals surface area contributed by atoms with E-state index in [0.717, 1.165) is 49.9 Å². The average Bonchev–Trinajstić information content (AvgIpc) is 2.93. The molecule has 1 aromatic rings. The highest BCUT2D eigenvalue weighted by molar-refractivity contribution is 6.28. The molecule has 0 amide bonds.